The number of nitrogens with zero attached hydrogens (tertiary/aromatic N) is 2. The van der Waals surface area contributed by atoms with E-state index in [1.165, 1.54) is 0 Å². The van der Waals surface area contributed by atoms with Crippen LogP contribution in [0.4, 0.5) is 0 Å². The normalized spacial score (nSPS) is 14.9. The lowest BCUT2D eigenvalue weighted by atomic mass is 10.0. The van der Waals surface area contributed by atoms with Crippen LogP contribution < -0.4 is 11.3 Å². The number of rotatable bonds is 7. The third-order valence-electron chi connectivity index (χ3n) is 2.74. The highest BCUT2D eigenvalue weighted by Crippen LogP contribution is 2.27. The van der Waals surface area contributed by atoms with Gasteiger partial charge in [-0.15, -0.1) is 0 Å². The Morgan fingerprint density at radius 2 is 2.29 bits per heavy atom. The number of hydrogen-bond donors (Lipinski definition) is 2. The highest BCUT2D eigenvalue weighted by Gasteiger charge is 2.26. The summed E-state index contributed by atoms with van der Waals surface area (Å²) in [6, 6.07) is -0.144. The highest BCUT2D eigenvalue weighted by atomic mass is 35.5. The van der Waals surface area contributed by atoms with Gasteiger partial charge in [-0.3, -0.25) is 10.5 Å². The van der Waals surface area contributed by atoms with Crippen molar-refractivity contribution in [2.45, 2.75) is 38.8 Å². The number of halogens is 1. The van der Waals surface area contributed by atoms with Crippen LogP contribution in [0.3, 0.4) is 0 Å². The first-order valence-corrected chi connectivity index (χ1v) is 6.28. The van der Waals surface area contributed by atoms with Crippen LogP contribution in [0.1, 0.15) is 38.4 Å². The summed E-state index contributed by atoms with van der Waals surface area (Å²) in [7, 11) is 1.85. The van der Waals surface area contributed by atoms with Crippen LogP contribution in [0.5, 0.6) is 0 Å². The Hall–Kier alpha value is -0.620. The summed E-state index contributed by atoms with van der Waals surface area (Å²) in [5, 5.41) is 4.73. The summed E-state index contributed by atoms with van der Waals surface area (Å²) in [6.07, 6.45) is 3.57. The van der Waals surface area contributed by atoms with Crippen LogP contribution in [0.2, 0.25) is 5.02 Å². The molecule has 5 nitrogen and oxygen atoms in total. The first-order chi connectivity index (χ1) is 8.15. The Morgan fingerprint density at radius 1 is 1.59 bits per heavy atom. The maximum Gasteiger partial charge on any atom is 0.0905 e. The van der Waals surface area contributed by atoms with Gasteiger partial charge in [0.05, 0.1) is 29.1 Å². The smallest absolute Gasteiger partial charge is 0.0905 e. The molecule has 6 heteroatoms. The molecule has 1 heterocycles. The number of hydrazine groups is 1. The second-order valence-corrected chi connectivity index (χ2v) is 4.34. The summed E-state index contributed by atoms with van der Waals surface area (Å²) in [6.45, 7) is 4.74. The number of nitrogens with one attached hydrogen (secondary N) is 1. The van der Waals surface area contributed by atoms with E-state index in [0.29, 0.717) is 11.6 Å². The largest absolute Gasteiger partial charge is 0.376 e. The average molecular weight is 261 g/mol. The van der Waals surface area contributed by atoms with Crippen molar-refractivity contribution >= 4 is 11.6 Å². The van der Waals surface area contributed by atoms with E-state index in [-0.39, 0.29) is 12.1 Å². The molecule has 0 bridgehead atoms. The third-order valence-corrected chi connectivity index (χ3v) is 3.03. The van der Waals surface area contributed by atoms with Crippen molar-refractivity contribution in [3.05, 3.63) is 16.9 Å². The number of aryl methyl sites for hydroxylation is 1. The van der Waals surface area contributed by atoms with E-state index in [9.17, 15) is 0 Å². The fourth-order valence-corrected chi connectivity index (χ4v) is 2.26. The zero-order chi connectivity index (χ0) is 12.8. The van der Waals surface area contributed by atoms with E-state index in [1.54, 1.807) is 10.9 Å². The van der Waals surface area contributed by atoms with Gasteiger partial charge in [0.2, 0.25) is 0 Å². The molecular formula is C11H21ClN4O. The fraction of sp³-hybridized carbons (Fsp3) is 0.727. The van der Waals surface area contributed by atoms with E-state index in [1.807, 2.05) is 14.0 Å². The summed E-state index contributed by atoms with van der Waals surface area (Å²) in [5.41, 5.74) is 3.65. The predicted molar refractivity (Wildman–Crippen MR) is 68.6 cm³/mol. The van der Waals surface area contributed by atoms with E-state index < -0.39 is 0 Å². The molecule has 1 aromatic rings. The molecule has 17 heavy (non-hydrogen) atoms. The molecule has 0 spiro atoms. The third kappa shape index (κ3) is 3.42. The lowest BCUT2D eigenvalue weighted by Gasteiger charge is -2.26. The molecule has 98 valence electrons. The number of nitrogens with two attached hydrogens (primary N) is 1. The molecular weight excluding hydrogens is 240 g/mol. The lowest BCUT2D eigenvalue weighted by molar-refractivity contribution is 0.0256. The van der Waals surface area contributed by atoms with Gasteiger partial charge in [0.15, 0.2) is 0 Å². The van der Waals surface area contributed by atoms with Gasteiger partial charge in [0.25, 0.3) is 0 Å². The van der Waals surface area contributed by atoms with Crippen molar-refractivity contribution in [2.24, 2.45) is 12.9 Å². The van der Waals surface area contributed by atoms with Crippen molar-refractivity contribution in [2.75, 3.05) is 6.61 Å². The van der Waals surface area contributed by atoms with Gasteiger partial charge in [-0.2, -0.15) is 5.10 Å². The minimum Gasteiger partial charge on any atom is -0.376 e. The summed E-state index contributed by atoms with van der Waals surface area (Å²) in [4.78, 5) is 0. The molecule has 1 aromatic heterocycles. The average Bonchev–Trinajstić information content (AvgIpc) is 2.62. The molecule has 2 atom stereocenters. The zero-order valence-electron chi connectivity index (χ0n) is 10.6. The standard InChI is InChI=1S/C11H21ClN4O/c1-4-6-9(17-5-2)10(15-13)11-8(12)7-14-16(11)3/h7,9-10,15H,4-6,13H2,1-3H3. The molecule has 2 unspecified atom stereocenters. The Labute approximate surface area is 107 Å². The Morgan fingerprint density at radius 3 is 2.71 bits per heavy atom. The number of aromatic nitrogens is 2. The Balaban J connectivity index is 2.95. The molecule has 3 N–H and O–H groups in total. The lowest BCUT2D eigenvalue weighted by Crippen LogP contribution is -2.39. The van der Waals surface area contributed by atoms with Gasteiger partial charge in [-0.05, 0) is 13.3 Å². The maximum atomic E-state index is 6.13. The quantitative estimate of drug-likeness (QED) is 0.579. The van der Waals surface area contributed by atoms with Crippen molar-refractivity contribution < 1.29 is 4.74 Å². The maximum absolute atomic E-state index is 6.13. The molecule has 0 amide bonds. The highest BCUT2D eigenvalue weighted by molar-refractivity contribution is 6.31. The van der Waals surface area contributed by atoms with Crippen molar-refractivity contribution in [3.8, 4) is 0 Å². The van der Waals surface area contributed by atoms with E-state index in [2.05, 4.69) is 17.4 Å². The van der Waals surface area contributed by atoms with Crippen LogP contribution in [-0.2, 0) is 11.8 Å². The zero-order valence-corrected chi connectivity index (χ0v) is 11.4. The minimum atomic E-state index is -0.144. The van der Waals surface area contributed by atoms with Gasteiger partial charge < -0.3 is 4.74 Å². The van der Waals surface area contributed by atoms with Crippen molar-refractivity contribution in [1.82, 2.24) is 15.2 Å². The van der Waals surface area contributed by atoms with Gasteiger partial charge in [0.1, 0.15) is 0 Å². The van der Waals surface area contributed by atoms with Crippen LogP contribution in [0.25, 0.3) is 0 Å². The second-order valence-electron chi connectivity index (χ2n) is 3.93. The number of ether oxygens (including phenoxy) is 1. The fourth-order valence-electron chi connectivity index (χ4n) is 1.98. The van der Waals surface area contributed by atoms with E-state index in [0.717, 1.165) is 18.5 Å². The topological polar surface area (TPSA) is 65.1 Å². The van der Waals surface area contributed by atoms with Crippen LogP contribution in [0, 0.1) is 0 Å². The van der Waals surface area contributed by atoms with Crippen molar-refractivity contribution in [1.29, 1.82) is 0 Å². The molecule has 0 radical (unpaired) electrons. The van der Waals surface area contributed by atoms with Gasteiger partial charge in [-0.25, -0.2) is 5.43 Å². The van der Waals surface area contributed by atoms with E-state index >= 15 is 0 Å². The SMILES string of the molecule is CCCC(OCC)C(NN)c1c(Cl)cnn1C. The summed E-state index contributed by atoms with van der Waals surface area (Å²) < 4.78 is 7.46. The van der Waals surface area contributed by atoms with E-state index in [4.69, 9.17) is 22.2 Å². The molecule has 0 aliphatic carbocycles. The van der Waals surface area contributed by atoms with Crippen LogP contribution in [-0.4, -0.2) is 22.5 Å². The molecule has 0 aromatic carbocycles. The first kappa shape index (κ1) is 14.4. The summed E-state index contributed by atoms with van der Waals surface area (Å²) >= 11 is 6.13. The molecule has 0 fully saturated rings. The second kappa shape index (κ2) is 6.96. The molecule has 0 saturated heterocycles. The minimum absolute atomic E-state index is 0.00269. The van der Waals surface area contributed by atoms with Crippen molar-refractivity contribution in [3.63, 3.8) is 0 Å². The first-order valence-electron chi connectivity index (χ1n) is 5.90. The monoisotopic (exact) mass is 260 g/mol. The Bertz CT molecular complexity index is 317. The number of hydrogen-bond acceptors (Lipinski definition) is 4. The van der Waals surface area contributed by atoms with Crippen LogP contribution in [0.15, 0.2) is 6.20 Å². The summed E-state index contributed by atoms with van der Waals surface area (Å²) in [5.74, 6) is 5.63. The van der Waals surface area contributed by atoms with Crippen LogP contribution >= 0.6 is 11.6 Å². The van der Waals surface area contributed by atoms with Gasteiger partial charge in [-0.1, -0.05) is 24.9 Å². The molecule has 0 aliphatic heterocycles. The molecule has 0 saturated carbocycles. The predicted octanol–water partition coefficient (Wildman–Crippen LogP) is 1.78. The molecule has 1 rings (SSSR count). The van der Waals surface area contributed by atoms with Gasteiger partial charge in [0, 0.05) is 13.7 Å². The van der Waals surface area contributed by atoms with Gasteiger partial charge >= 0.3 is 0 Å². The molecule has 0 aliphatic rings. The Kier molecular flexibility index (Phi) is 5.91.